The van der Waals surface area contributed by atoms with Crippen LogP contribution in [0.1, 0.15) is 24.3 Å². The fraction of sp³-hybridized carbons (Fsp3) is 0.571. The van der Waals surface area contributed by atoms with Gasteiger partial charge < -0.3 is 10.0 Å². The summed E-state index contributed by atoms with van der Waals surface area (Å²) in [7, 11) is 0. The molecule has 1 aliphatic rings. The van der Waals surface area contributed by atoms with Crippen molar-refractivity contribution in [1.82, 2.24) is 4.90 Å². The Balaban J connectivity index is 1.95. The lowest BCUT2D eigenvalue weighted by atomic mass is 9.99. The van der Waals surface area contributed by atoms with Crippen molar-refractivity contribution < 1.29 is 5.11 Å². The van der Waals surface area contributed by atoms with E-state index in [1.807, 2.05) is 0 Å². The van der Waals surface area contributed by atoms with Gasteiger partial charge in [0.2, 0.25) is 0 Å². The third-order valence-corrected chi connectivity index (χ3v) is 4.20. The third-order valence-electron chi connectivity index (χ3n) is 3.42. The molecule has 1 fully saturated rings. The summed E-state index contributed by atoms with van der Waals surface area (Å²) >= 11 is 3.61. The molecule has 1 aromatic carbocycles. The molecule has 0 aromatic heterocycles. The highest BCUT2D eigenvalue weighted by Gasteiger charge is 2.21. The average Bonchev–Trinajstić information content (AvgIpc) is 2.37. The van der Waals surface area contributed by atoms with Gasteiger partial charge in [0.25, 0.3) is 0 Å². The third kappa shape index (κ3) is 3.80. The minimum atomic E-state index is -0.129. The summed E-state index contributed by atoms with van der Waals surface area (Å²) in [6.45, 7) is 2.98. The van der Waals surface area contributed by atoms with Crippen molar-refractivity contribution in [1.29, 1.82) is 0 Å². The highest BCUT2D eigenvalue weighted by Crippen LogP contribution is 2.21. The zero-order valence-corrected chi connectivity index (χ0v) is 11.6. The molecule has 0 spiro atoms. The van der Waals surface area contributed by atoms with Gasteiger partial charge in [-0.15, -0.1) is 0 Å². The first-order chi connectivity index (χ1) is 8.29. The van der Waals surface area contributed by atoms with Crippen molar-refractivity contribution in [2.45, 2.75) is 24.9 Å². The van der Waals surface area contributed by atoms with Gasteiger partial charge in [0.05, 0.1) is 6.10 Å². The number of β-amino-alcohol motifs (C(OH)–C–C–N with tert-alkyl or cyclic N) is 1. The summed E-state index contributed by atoms with van der Waals surface area (Å²) in [5.74, 6) is 0.515. The summed E-state index contributed by atoms with van der Waals surface area (Å²) < 4.78 is 0. The van der Waals surface area contributed by atoms with Crippen LogP contribution >= 0.6 is 15.9 Å². The minimum Gasteiger partial charge on any atom is -0.392 e. The van der Waals surface area contributed by atoms with Crippen LogP contribution in [-0.4, -0.2) is 41.1 Å². The highest BCUT2D eigenvalue weighted by molar-refractivity contribution is 9.09. The quantitative estimate of drug-likeness (QED) is 0.864. The van der Waals surface area contributed by atoms with E-state index in [0.29, 0.717) is 5.92 Å². The molecule has 0 aliphatic carbocycles. The molecule has 1 aliphatic heterocycles. The summed E-state index contributed by atoms with van der Waals surface area (Å²) in [4.78, 5) is 2.38. The molecule has 0 saturated carbocycles. The zero-order valence-electron chi connectivity index (χ0n) is 10.1. The molecular formula is C14H20BrNO. The first kappa shape index (κ1) is 13.1. The first-order valence-corrected chi connectivity index (χ1v) is 7.43. The summed E-state index contributed by atoms with van der Waals surface area (Å²) in [6.07, 6.45) is 1.95. The molecule has 94 valence electrons. The van der Waals surface area contributed by atoms with Crippen LogP contribution in [0, 0.1) is 0 Å². The van der Waals surface area contributed by atoms with E-state index in [9.17, 15) is 5.11 Å². The predicted molar refractivity (Wildman–Crippen MR) is 74.7 cm³/mol. The summed E-state index contributed by atoms with van der Waals surface area (Å²) in [5, 5.41) is 10.7. The molecule has 0 radical (unpaired) electrons. The monoisotopic (exact) mass is 297 g/mol. The van der Waals surface area contributed by atoms with E-state index >= 15 is 0 Å². The molecule has 1 heterocycles. The normalized spacial score (nSPS) is 23.5. The summed E-state index contributed by atoms with van der Waals surface area (Å²) in [5.41, 5.74) is 1.38. The maximum atomic E-state index is 9.68. The molecule has 2 rings (SSSR count). The molecule has 17 heavy (non-hydrogen) atoms. The average molecular weight is 298 g/mol. The van der Waals surface area contributed by atoms with Crippen molar-refractivity contribution in [3.8, 4) is 0 Å². The summed E-state index contributed by atoms with van der Waals surface area (Å²) in [6, 6.07) is 10.6. The standard InChI is InChI=1S/C14H20BrNO/c15-9-13(12-5-2-1-3-6-12)10-16-8-4-7-14(17)11-16/h1-3,5-6,13-14,17H,4,7-11H2. The molecule has 3 heteroatoms. The van der Waals surface area contributed by atoms with Gasteiger partial charge in [-0.05, 0) is 24.9 Å². The number of halogens is 1. The van der Waals surface area contributed by atoms with Gasteiger partial charge in [-0.3, -0.25) is 0 Å². The zero-order chi connectivity index (χ0) is 12.1. The van der Waals surface area contributed by atoms with Gasteiger partial charge in [0, 0.05) is 24.3 Å². The number of hydrogen-bond donors (Lipinski definition) is 1. The topological polar surface area (TPSA) is 23.5 Å². The molecule has 2 unspecified atom stereocenters. The molecule has 1 aromatic rings. The second-order valence-electron chi connectivity index (χ2n) is 4.82. The Labute approximate surface area is 112 Å². The number of benzene rings is 1. The van der Waals surface area contributed by atoms with E-state index in [1.165, 1.54) is 5.56 Å². The molecule has 1 N–H and O–H groups in total. The van der Waals surface area contributed by atoms with Crippen LogP contribution in [0.2, 0.25) is 0 Å². The van der Waals surface area contributed by atoms with Gasteiger partial charge in [0.1, 0.15) is 0 Å². The van der Waals surface area contributed by atoms with Crippen LogP contribution in [0.3, 0.4) is 0 Å². The highest BCUT2D eigenvalue weighted by atomic mass is 79.9. The number of rotatable bonds is 4. The SMILES string of the molecule is OC1CCCN(CC(CBr)c2ccccc2)C1. The molecule has 0 amide bonds. The Morgan fingerprint density at radius 1 is 1.35 bits per heavy atom. The second-order valence-corrected chi connectivity index (χ2v) is 5.47. The number of nitrogens with zero attached hydrogens (tertiary/aromatic N) is 1. The van der Waals surface area contributed by atoms with Crippen molar-refractivity contribution in [3.05, 3.63) is 35.9 Å². The lowest BCUT2D eigenvalue weighted by Gasteiger charge is -2.32. The Morgan fingerprint density at radius 3 is 2.76 bits per heavy atom. The first-order valence-electron chi connectivity index (χ1n) is 6.31. The Hall–Kier alpha value is -0.380. The van der Waals surface area contributed by atoms with E-state index < -0.39 is 0 Å². The lowest BCUT2D eigenvalue weighted by Crippen LogP contribution is -2.40. The largest absolute Gasteiger partial charge is 0.392 e. The number of likely N-dealkylation sites (tertiary alicyclic amines) is 1. The molecule has 0 bridgehead atoms. The van der Waals surface area contributed by atoms with Crippen molar-refractivity contribution in [3.63, 3.8) is 0 Å². The van der Waals surface area contributed by atoms with E-state index in [-0.39, 0.29) is 6.10 Å². The van der Waals surface area contributed by atoms with Gasteiger partial charge >= 0.3 is 0 Å². The van der Waals surface area contributed by atoms with Gasteiger partial charge in [-0.25, -0.2) is 0 Å². The van der Waals surface area contributed by atoms with Crippen LogP contribution in [0.15, 0.2) is 30.3 Å². The van der Waals surface area contributed by atoms with Crippen LogP contribution < -0.4 is 0 Å². The van der Waals surface area contributed by atoms with Gasteiger partial charge in [-0.2, -0.15) is 0 Å². The maximum Gasteiger partial charge on any atom is 0.0667 e. The Morgan fingerprint density at radius 2 is 2.12 bits per heavy atom. The van der Waals surface area contributed by atoms with E-state index in [4.69, 9.17) is 0 Å². The molecule has 1 saturated heterocycles. The number of aliphatic hydroxyl groups is 1. The fourth-order valence-corrected chi connectivity index (χ4v) is 3.06. The predicted octanol–water partition coefficient (Wildman–Crippen LogP) is 2.62. The smallest absolute Gasteiger partial charge is 0.0667 e. The second kappa shape index (κ2) is 6.53. The van der Waals surface area contributed by atoms with Gasteiger partial charge in [0.15, 0.2) is 0 Å². The lowest BCUT2D eigenvalue weighted by molar-refractivity contribution is 0.0685. The van der Waals surface area contributed by atoms with E-state index in [2.05, 4.69) is 51.2 Å². The number of alkyl halides is 1. The van der Waals surface area contributed by atoms with Crippen molar-refractivity contribution >= 4 is 15.9 Å². The van der Waals surface area contributed by atoms with Crippen LogP contribution in [0.4, 0.5) is 0 Å². The van der Waals surface area contributed by atoms with Crippen LogP contribution in [-0.2, 0) is 0 Å². The van der Waals surface area contributed by atoms with Crippen molar-refractivity contribution in [2.24, 2.45) is 0 Å². The minimum absolute atomic E-state index is 0.129. The van der Waals surface area contributed by atoms with E-state index in [1.54, 1.807) is 0 Å². The van der Waals surface area contributed by atoms with Crippen molar-refractivity contribution in [2.75, 3.05) is 25.0 Å². The number of piperidine rings is 1. The van der Waals surface area contributed by atoms with Crippen LogP contribution in [0.5, 0.6) is 0 Å². The van der Waals surface area contributed by atoms with Crippen LogP contribution in [0.25, 0.3) is 0 Å². The number of hydrogen-bond acceptors (Lipinski definition) is 2. The number of aliphatic hydroxyl groups excluding tert-OH is 1. The fourth-order valence-electron chi connectivity index (χ4n) is 2.48. The van der Waals surface area contributed by atoms with E-state index in [0.717, 1.165) is 37.8 Å². The molecular weight excluding hydrogens is 278 g/mol. The Bertz CT molecular complexity index is 330. The Kier molecular flexibility index (Phi) is 5.01. The maximum absolute atomic E-state index is 9.68. The molecule has 2 atom stereocenters. The van der Waals surface area contributed by atoms with Gasteiger partial charge in [-0.1, -0.05) is 46.3 Å². The molecule has 2 nitrogen and oxygen atoms in total.